The van der Waals surface area contributed by atoms with Crippen LogP contribution in [0.5, 0.6) is 11.5 Å². The van der Waals surface area contributed by atoms with Crippen LogP contribution in [0, 0.1) is 11.3 Å². The Morgan fingerprint density at radius 3 is 2.65 bits per heavy atom. The number of nitrogens with zero attached hydrogens (tertiary/aromatic N) is 2. The highest BCUT2D eigenvalue weighted by Crippen LogP contribution is 2.30. The number of esters is 1. The zero-order chi connectivity index (χ0) is 22.2. The fourth-order valence-corrected chi connectivity index (χ4v) is 3.13. The number of carbonyl (C=O) groups excluding carboxylic acids is 2. The third-order valence-corrected chi connectivity index (χ3v) is 4.82. The Morgan fingerprint density at radius 2 is 2.00 bits per heavy atom. The summed E-state index contributed by atoms with van der Waals surface area (Å²) in [6.45, 7) is 2.11. The van der Waals surface area contributed by atoms with Crippen LogP contribution in [0.15, 0.2) is 59.6 Å². The zero-order valence-corrected chi connectivity index (χ0v) is 17.9. The van der Waals surface area contributed by atoms with E-state index < -0.39 is 11.9 Å². The third kappa shape index (κ3) is 5.92. The molecule has 0 aliphatic heterocycles. The lowest BCUT2D eigenvalue weighted by molar-refractivity contribution is -0.112. The van der Waals surface area contributed by atoms with E-state index in [0.717, 1.165) is 0 Å². The average molecular weight is 454 g/mol. The van der Waals surface area contributed by atoms with Gasteiger partial charge in [0.1, 0.15) is 11.6 Å². The van der Waals surface area contributed by atoms with Gasteiger partial charge in [0.05, 0.1) is 12.2 Å². The molecule has 3 aromatic rings. The number of carbonyl (C=O) groups is 2. The first-order valence-corrected chi connectivity index (χ1v) is 10.3. The van der Waals surface area contributed by atoms with Crippen LogP contribution in [0.2, 0.25) is 5.02 Å². The zero-order valence-electron chi connectivity index (χ0n) is 16.3. The molecular weight excluding hydrogens is 438 g/mol. The Labute approximate surface area is 187 Å². The summed E-state index contributed by atoms with van der Waals surface area (Å²) in [4.78, 5) is 28.7. The molecule has 0 unspecified atom stereocenters. The first-order valence-electron chi connectivity index (χ1n) is 9.07. The number of benzene rings is 2. The molecule has 7 nitrogen and oxygen atoms in total. The molecule has 0 aliphatic rings. The van der Waals surface area contributed by atoms with Gasteiger partial charge in [-0.15, -0.1) is 11.3 Å². The number of nitrogens with one attached hydrogen (secondary N) is 1. The Kier molecular flexibility index (Phi) is 7.38. The van der Waals surface area contributed by atoms with Gasteiger partial charge in [-0.2, -0.15) is 5.26 Å². The molecule has 2 aromatic carbocycles. The monoisotopic (exact) mass is 453 g/mol. The summed E-state index contributed by atoms with van der Waals surface area (Å²) in [5, 5.41) is 14.5. The fourth-order valence-electron chi connectivity index (χ4n) is 2.48. The Morgan fingerprint density at radius 1 is 1.23 bits per heavy atom. The van der Waals surface area contributed by atoms with Gasteiger partial charge < -0.3 is 9.47 Å². The van der Waals surface area contributed by atoms with E-state index in [1.807, 2.05) is 6.07 Å². The van der Waals surface area contributed by atoms with Crippen molar-refractivity contribution in [1.82, 2.24) is 4.98 Å². The van der Waals surface area contributed by atoms with Crippen LogP contribution in [-0.4, -0.2) is 23.5 Å². The maximum absolute atomic E-state index is 12.4. The molecule has 0 radical (unpaired) electrons. The van der Waals surface area contributed by atoms with Gasteiger partial charge in [0.2, 0.25) is 0 Å². The molecule has 31 heavy (non-hydrogen) atoms. The largest absolute Gasteiger partial charge is 0.490 e. The minimum absolute atomic E-state index is 0.108. The molecule has 0 saturated carbocycles. The van der Waals surface area contributed by atoms with Gasteiger partial charge >= 0.3 is 5.97 Å². The number of thiazole rings is 1. The second kappa shape index (κ2) is 10.4. The number of aromatic nitrogens is 1. The van der Waals surface area contributed by atoms with Crippen molar-refractivity contribution in [3.63, 3.8) is 0 Å². The summed E-state index contributed by atoms with van der Waals surface area (Å²) in [7, 11) is 0. The van der Waals surface area contributed by atoms with Gasteiger partial charge in [-0.05, 0) is 55.0 Å². The quantitative estimate of drug-likeness (QED) is 0.235. The highest BCUT2D eigenvalue weighted by Gasteiger charge is 2.15. The summed E-state index contributed by atoms with van der Waals surface area (Å²) >= 11 is 7.09. The Balaban J connectivity index is 1.82. The summed E-state index contributed by atoms with van der Waals surface area (Å²) in [6.07, 6.45) is 2.96. The van der Waals surface area contributed by atoms with E-state index in [1.54, 1.807) is 61.0 Å². The molecule has 1 aromatic heterocycles. The van der Waals surface area contributed by atoms with Crippen molar-refractivity contribution in [1.29, 1.82) is 5.26 Å². The lowest BCUT2D eigenvalue weighted by Gasteiger charge is -2.11. The van der Waals surface area contributed by atoms with E-state index >= 15 is 0 Å². The minimum atomic E-state index is -0.575. The number of anilines is 1. The molecule has 0 saturated heterocycles. The van der Waals surface area contributed by atoms with Crippen molar-refractivity contribution in [2.75, 3.05) is 11.9 Å². The summed E-state index contributed by atoms with van der Waals surface area (Å²) in [6, 6.07) is 12.9. The SMILES string of the molecule is CCOc1cc(/C=C(/C#N)C(=O)Nc2nccs2)ccc1OC(=O)c1ccc(Cl)cc1. The highest BCUT2D eigenvalue weighted by atomic mass is 35.5. The number of halogens is 1. The van der Waals surface area contributed by atoms with Crippen LogP contribution >= 0.6 is 22.9 Å². The lowest BCUT2D eigenvalue weighted by atomic mass is 10.1. The van der Waals surface area contributed by atoms with Gasteiger partial charge in [-0.25, -0.2) is 9.78 Å². The topological polar surface area (TPSA) is 101 Å². The van der Waals surface area contributed by atoms with E-state index in [2.05, 4.69) is 10.3 Å². The first kappa shape index (κ1) is 22.0. The van der Waals surface area contributed by atoms with Crippen LogP contribution in [0.1, 0.15) is 22.8 Å². The fraction of sp³-hybridized carbons (Fsp3) is 0.0909. The van der Waals surface area contributed by atoms with Crippen molar-refractivity contribution in [2.24, 2.45) is 0 Å². The molecule has 156 valence electrons. The van der Waals surface area contributed by atoms with E-state index in [1.165, 1.54) is 17.4 Å². The van der Waals surface area contributed by atoms with E-state index in [9.17, 15) is 14.9 Å². The number of amides is 1. The molecule has 1 N–H and O–H groups in total. The number of rotatable bonds is 7. The van der Waals surface area contributed by atoms with Gasteiger partial charge in [-0.1, -0.05) is 17.7 Å². The van der Waals surface area contributed by atoms with Crippen LogP contribution in [0.3, 0.4) is 0 Å². The van der Waals surface area contributed by atoms with Crippen molar-refractivity contribution in [3.8, 4) is 17.6 Å². The van der Waals surface area contributed by atoms with Crippen LogP contribution in [-0.2, 0) is 4.79 Å². The molecule has 1 amide bonds. The van der Waals surface area contributed by atoms with Gasteiger partial charge in [0.15, 0.2) is 16.6 Å². The second-order valence-corrected chi connectivity index (χ2v) is 7.33. The number of hydrogen-bond acceptors (Lipinski definition) is 7. The van der Waals surface area contributed by atoms with Crippen LogP contribution in [0.4, 0.5) is 5.13 Å². The highest BCUT2D eigenvalue weighted by molar-refractivity contribution is 7.13. The predicted octanol–water partition coefficient (Wildman–Crippen LogP) is 4.96. The van der Waals surface area contributed by atoms with Crippen molar-refractivity contribution < 1.29 is 19.1 Å². The normalized spacial score (nSPS) is 10.8. The smallest absolute Gasteiger partial charge is 0.343 e. The number of nitriles is 1. The maximum atomic E-state index is 12.4. The molecule has 0 spiro atoms. The predicted molar refractivity (Wildman–Crippen MR) is 118 cm³/mol. The van der Waals surface area contributed by atoms with Crippen LogP contribution < -0.4 is 14.8 Å². The molecule has 0 aliphatic carbocycles. The van der Waals surface area contributed by atoms with Crippen molar-refractivity contribution in [2.45, 2.75) is 6.92 Å². The van der Waals surface area contributed by atoms with E-state index in [-0.39, 0.29) is 11.3 Å². The Bertz CT molecular complexity index is 1150. The molecule has 0 atom stereocenters. The van der Waals surface area contributed by atoms with Gasteiger partial charge in [0, 0.05) is 16.6 Å². The molecule has 0 bridgehead atoms. The number of hydrogen-bond donors (Lipinski definition) is 1. The minimum Gasteiger partial charge on any atom is -0.490 e. The molecule has 9 heteroatoms. The Hall–Kier alpha value is -3.67. The van der Waals surface area contributed by atoms with Crippen LogP contribution in [0.25, 0.3) is 6.08 Å². The van der Waals surface area contributed by atoms with Gasteiger partial charge in [0.25, 0.3) is 5.91 Å². The van der Waals surface area contributed by atoms with E-state index in [4.69, 9.17) is 21.1 Å². The summed E-state index contributed by atoms with van der Waals surface area (Å²) in [5.41, 5.74) is 0.755. The lowest BCUT2D eigenvalue weighted by Crippen LogP contribution is -2.13. The average Bonchev–Trinajstić information content (AvgIpc) is 3.27. The molecular formula is C22H16ClN3O4S. The summed E-state index contributed by atoms with van der Waals surface area (Å²) < 4.78 is 11.0. The maximum Gasteiger partial charge on any atom is 0.343 e. The molecule has 1 heterocycles. The number of ether oxygens (including phenoxy) is 2. The molecule has 3 rings (SSSR count). The third-order valence-electron chi connectivity index (χ3n) is 3.88. The second-order valence-electron chi connectivity index (χ2n) is 6.00. The first-order chi connectivity index (χ1) is 15.0. The van der Waals surface area contributed by atoms with Gasteiger partial charge in [-0.3, -0.25) is 10.1 Å². The van der Waals surface area contributed by atoms with Crippen molar-refractivity contribution in [3.05, 3.63) is 75.8 Å². The summed E-state index contributed by atoms with van der Waals surface area (Å²) in [5.74, 6) is -0.629. The van der Waals surface area contributed by atoms with Crippen molar-refractivity contribution >= 4 is 46.0 Å². The standard InChI is InChI=1S/C22H16ClN3O4S/c1-2-29-19-12-14(11-16(13-24)20(27)26-22-25-9-10-31-22)3-8-18(19)30-21(28)15-4-6-17(23)7-5-15/h3-12H,2H2,1H3,(H,25,26,27)/b16-11-. The molecule has 0 fully saturated rings. The van der Waals surface area contributed by atoms with E-state index in [0.29, 0.717) is 33.6 Å².